The van der Waals surface area contributed by atoms with E-state index in [0.29, 0.717) is 18.0 Å². The van der Waals surface area contributed by atoms with E-state index in [1.807, 2.05) is 18.2 Å². The fourth-order valence-electron chi connectivity index (χ4n) is 1.19. The van der Waals surface area contributed by atoms with E-state index < -0.39 is 0 Å². The van der Waals surface area contributed by atoms with E-state index in [1.165, 1.54) is 0 Å². The summed E-state index contributed by atoms with van der Waals surface area (Å²) < 4.78 is 0. The third-order valence-electron chi connectivity index (χ3n) is 1.73. The van der Waals surface area contributed by atoms with Gasteiger partial charge in [-0.05, 0) is 28.3 Å². The second-order valence-electron chi connectivity index (χ2n) is 4.79. The van der Waals surface area contributed by atoms with Crippen LogP contribution in [0.4, 0.5) is 0 Å². The van der Waals surface area contributed by atoms with Crippen molar-refractivity contribution in [1.82, 2.24) is 4.98 Å². The predicted molar refractivity (Wildman–Crippen MR) is 71.6 cm³/mol. The lowest BCUT2D eigenvalue weighted by Crippen LogP contribution is -2.14. The number of carbonyl (C=O) groups is 1. The van der Waals surface area contributed by atoms with Gasteiger partial charge in [0.15, 0.2) is 0 Å². The molecule has 1 rings (SSSR count). The molecule has 0 aliphatic rings. The highest BCUT2D eigenvalue weighted by molar-refractivity contribution is 8.76. The molecule has 0 aliphatic carbocycles. The average Bonchev–Trinajstić information content (AvgIpc) is 2.16. The van der Waals surface area contributed by atoms with Crippen LogP contribution in [0.3, 0.4) is 0 Å². The first-order chi connectivity index (χ1) is 7.47. The highest BCUT2D eigenvalue weighted by Gasteiger charge is 2.15. The molecule has 1 aromatic rings. The molecular weight excluding hydrogens is 238 g/mol. The van der Waals surface area contributed by atoms with Crippen LogP contribution in [0.1, 0.15) is 27.2 Å². The summed E-state index contributed by atoms with van der Waals surface area (Å²) in [5, 5.41) is 0.955. The smallest absolute Gasteiger partial charge is 0.144 e. The van der Waals surface area contributed by atoms with Crippen LogP contribution in [0.15, 0.2) is 29.4 Å². The maximum absolute atomic E-state index is 11.6. The molecule has 0 bridgehead atoms. The van der Waals surface area contributed by atoms with Crippen molar-refractivity contribution in [2.75, 3.05) is 5.75 Å². The van der Waals surface area contributed by atoms with Crippen molar-refractivity contribution in [3.8, 4) is 0 Å². The van der Waals surface area contributed by atoms with E-state index >= 15 is 0 Å². The van der Waals surface area contributed by atoms with E-state index in [-0.39, 0.29) is 5.41 Å². The topological polar surface area (TPSA) is 30.0 Å². The molecule has 88 valence electrons. The summed E-state index contributed by atoms with van der Waals surface area (Å²) in [5.41, 5.74) is 0.0906. The molecule has 0 unspecified atom stereocenters. The SMILES string of the molecule is CC(C)(C)CC(=O)CSSc1ccccn1. The molecule has 16 heavy (non-hydrogen) atoms. The third kappa shape index (κ3) is 6.18. The van der Waals surface area contributed by atoms with Gasteiger partial charge in [0.05, 0.1) is 5.75 Å². The fourth-order valence-corrected chi connectivity index (χ4v) is 3.07. The Bertz CT molecular complexity index is 333. The van der Waals surface area contributed by atoms with Crippen LogP contribution in [0.2, 0.25) is 0 Å². The van der Waals surface area contributed by atoms with Crippen LogP contribution in [-0.2, 0) is 4.79 Å². The van der Waals surface area contributed by atoms with Crippen molar-refractivity contribution in [1.29, 1.82) is 0 Å². The standard InChI is InChI=1S/C12H17NOS2/c1-12(2,3)8-10(14)9-15-16-11-6-4-5-7-13-11/h4-7H,8-9H2,1-3H3. The molecule has 0 aromatic carbocycles. The van der Waals surface area contributed by atoms with Crippen LogP contribution in [0, 0.1) is 5.41 Å². The molecule has 0 aliphatic heterocycles. The molecule has 0 atom stereocenters. The number of Topliss-reactive ketones (excluding diaryl/α,β-unsaturated/α-hetero) is 1. The minimum Gasteiger partial charge on any atom is -0.299 e. The number of aromatic nitrogens is 1. The molecule has 1 heterocycles. The number of carbonyl (C=O) groups excluding carboxylic acids is 1. The van der Waals surface area contributed by atoms with Crippen molar-refractivity contribution < 1.29 is 4.79 Å². The Morgan fingerprint density at radius 3 is 2.69 bits per heavy atom. The summed E-state index contributed by atoms with van der Waals surface area (Å²) >= 11 is 0. The van der Waals surface area contributed by atoms with Crippen molar-refractivity contribution in [3.05, 3.63) is 24.4 Å². The number of hydrogen-bond acceptors (Lipinski definition) is 4. The summed E-state index contributed by atoms with van der Waals surface area (Å²) in [6.07, 6.45) is 2.41. The van der Waals surface area contributed by atoms with Crippen molar-refractivity contribution in [2.24, 2.45) is 5.41 Å². The normalized spacial score (nSPS) is 11.4. The lowest BCUT2D eigenvalue weighted by molar-refractivity contribution is -0.118. The summed E-state index contributed by atoms with van der Waals surface area (Å²) in [6, 6.07) is 5.79. The lowest BCUT2D eigenvalue weighted by Gasteiger charge is -2.16. The minimum atomic E-state index is 0.0906. The molecule has 0 amide bonds. The molecule has 0 saturated carbocycles. The van der Waals surface area contributed by atoms with Crippen molar-refractivity contribution >= 4 is 27.4 Å². The highest BCUT2D eigenvalue weighted by Crippen LogP contribution is 2.30. The van der Waals surface area contributed by atoms with Gasteiger partial charge in [-0.15, -0.1) is 0 Å². The summed E-state index contributed by atoms with van der Waals surface area (Å²) in [6.45, 7) is 6.25. The number of ketones is 1. The van der Waals surface area contributed by atoms with Gasteiger partial charge in [0.1, 0.15) is 10.8 Å². The molecule has 0 saturated heterocycles. The summed E-state index contributed by atoms with van der Waals surface area (Å²) in [4.78, 5) is 15.8. The van der Waals surface area contributed by atoms with E-state index in [2.05, 4.69) is 25.8 Å². The summed E-state index contributed by atoms with van der Waals surface area (Å²) in [5.74, 6) is 0.860. The van der Waals surface area contributed by atoms with Gasteiger partial charge < -0.3 is 0 Å². The molecule has 0 fully saturated rings. The van der Waals surface area contributed by atoms with E-state index in [0.717, 1.165) is 5.03 Å². The van der Waals surface area contributed by atoms with Gasteiger partial charge in [0.2, 0.25) is 0 Å². The molecule has 0 radical (unpaired) electrons. The van der Waals surface area contributed by atoms with E-state index in [4.69, 9.17) is 0 Å². The van der Waals surface area contributed by atoms with Gasteiger partial charge in [-0.2, -0.15) is 0 Å². The molecule has 0 spiro atoms. The van der Waals surface area contributed by atoms with Gasteiger partial charge in [-0.3, -0.25) is 4.79 Å². The second kappa shape index (κ2) is 6.30. The van der Waals surface area contributed by atoms with Crippen molar-refractivity contribution in [2.45, 2.75) is 32.2 Å². The van der Waals surface area contributed by atoms with Gasteiger partial charge in [0, 0.05) is 12.6 Å². The third-order valence-corrected chi connectivity index (χ3v) is 3.92. The van der Waals surface area contributed by atoms with Crippen LogP contribution < -0.4 is 0 Å². The molecular formula is C12H17NOS2. The lowest BCUT2D eigenvalue weighted by atomic mass is 9.90. The number of nitrogens with zero attached hydrogens (tertiary/aromatic N) is 1. The Labute approximate surface area is 105 Å². The zero-order valence-electron chi connectivity index (χ0n) is 9.90. The van der Waals surface area contributed by atoms with Gasteiger partial charge >= 0.3 is 0 Å². The Hall–Kier alpha value is -0.480. The average molecular weight is 255 g/mol. The summed E-state index contributed by atoms with van der Waals surface area (Å²) in [7, 11) is 3.12. The first-order valence-electron chi connectivity index (χ1n) is 5.19. The van der Waals surface area contributed by atoms with Gasteiger partial charge in [0.25, 0.3) is 0 Å². The zero-order valence-corrected chi connectivity index (χ0v) is 11.5. The van der Waals surface area contributed by atoms with Gasteiger partial charge in [-0.25, -0.2) is 4.98 Å². The number of pyridine rings is 1. The molecule has 1 aromatic heterocycles. The highest BCUT2D eigenvalue weighted by atomic mass is 33.1. The Morgan fingerprint density at radius 1 is 1.38 bits per heavy atom. The van der Waals surface area contributed by atoms with Crippen LogP contribution in [-0.4, -0.2) is 16.5 Å². The maximum Gasteiger partial charge on any atom is 0.144 e. The Balaban J connectivity index is 2.24. The second-order valence-corrected chi connectivity index (χ2v) is 7.11. The zero-order chi connectivity index (χ0) is 12.0. The van der Waals surface area contributed by atoms with Crippen LogP contribution in [0.25, 0.3) is 0 Å². The molecule has 0 N–H and O–H groups in total. The van der Waals surface area contributed by atoms with Crippen LogP contribution in [0.5, 0.6) is 0 Å². The molecule has 4 heteroatoms. The predicted octanol–water partition coefficient (Wildman–Crippen LogP) is 3.83. The first kappa shape index (κ1) is 13.6. The number of hydrogen-bond donors (Lipinski definition) is 0. The minimum absolute atomic E-state index is 0.0906. The maximum atomic E-state index is 11.6. The quantitative estimate of drug-likeness (QED) is 0.748. The van der Waals surface area contributed by atoms with E-state index in [1.54, 1.807) is 27.8 Å². The Kier molecular flexibility index (Phi) is 5.35. The number of rotatable bonds is 5. The largest absolute Gasteiger partial charge is 0.299 e. The fraction of sp³-hybridized carbons (Fsp3) is 0.500. The van der Waals surface area contributed by atoms with Gasteiger partial charge in [-0.1, -0.05) is 37.6 Å². The molecule has 2 nitrogen and oxygen atoms in total. The monoisotopic (exact) mass is 255 g/mol. The van der Waals surface area contributed by atoms with Crippen LogP contribution >= 0.6 is 21.6 Å². The van der Waals surface area contributed by atoms with Crippen molar-refractivity contribution in [3.63, 3.8) is 0 Å². The van der Waals surface area contributed by atoms with E-state index in [9.17, 15) is 4.79 Å². The Morgan fingerprint density at radius 2 is 2.12 bits per heavy atom. The first-order valence-corrected chi connectivity index (χ1v) is 7.51.